The number of carbonyl (C=O) groups is 1. The second kappa shape index (κ2) is 9.24. The summed E-state index contributed by atoms with van der Waals surface area (Å²) in [6, 6.07) is 16.3. The zero-order valence-corrected chi connectivity index (χ0v) is 17.2. The van der Waals surface area contributed by atoms with Crippen molar-refractivity contribution in [1.29, 1.82) is 0 Å². The van der Waals surface area contributed by atoms with Crippen molar-refractivity contribution in [3.05, 3.63) is 65.2 Å². The minimum absolute atomic E-state index is 0.194. The van der Waals surface area contributed by atoms with Gasteiger partial charge in [-0.25, -0.2) is 0 Å². The number of benzene rings is 2. The van der Waals surface area contributed by atoms with Gasteiger partial charge in [-0.2, -0.15) is 0 Å². The Balaban J connectivity index is 1.60. The Morgan fingerprint density at radius 2 is 1.82 bits per heavy atom. The summed E-state index contributed by atoms with van der Waals surface area (Å²) in [6.07, 6.45) is 3.41. The predicted octanol–water partition coefficient (Wildman–Crippen LogP) is 4.49. The van der Waals surface area contributed by atoms with Gasteiger partial charge in [-0.3, -0.25) is 4.79 Å². The first kappa shape index (κ1) is 20.4. The van der Waals surface area contributed by atoms with Gasteiger partial charge in [-0.15, -0.1) is 0 Å². The smallest absolute Gasteiger partial charge is 0.223 e. The molecule has 0 aromatic heterocycles. The van der Waals surface area contributed by atoms with Gasteiger partial charge in [0, 0.05) is 13.0 Å². The Morgan fingerprint density at radius 1 is 1.11 bits per heavy atom. The number of carbonyl (C=O) groups excluding carboxylic acids is 1. The molecule has 0 radical (unpaired) electrons. The van der Waals surface area contributed by atoms with E-state index in [1.165, 1.54) is 11.1 Å². The first-order valence-corrected chi connectivity index (χ1v) is 10.2. The number of rotatable bonds is 9. The van der Waals surface area contributed by atoms with Crippen LogP contribution in [0.25, 0.3) is 0 Å². The Morgan fingerprint density at radius 3 is 2.46 bits per heavy atom. The predicted molar refractivity (Wildman–Crippen MR) is 112 cm³/mol. The van der Waals surface area contributed by atoms with Crippen LogP contribution in [0.3, 0.4) is 0 Å². The summed E-state index contributed by atoms with van der Waals surface area (Å²) < 4.78 is 11.5. The quantitative estimate of drug-likeness (QED) is 0.601. The third-order valence-corrected chi connectivity index (χ3v) is 5.54. The minimum Gasteiger partial charge on any atom is -0.497 e. The molecule has 4 heteroatoms. The molecule has 0 N–H and O–H groups in total. The summed E-state index contributed by atoms with van der Waals surface area (Å²) in [6.45, 7) is 6.30. The maximum absolute atomic E-state index is 12.7. The minimum atomic E-state index is -0.351. The van der Waals surface area contributed by atoms with Gasteiger partial charge in [0.15, 0.2) is 0 Å². The van der Waals surface area contributed by atoms with Gasteiger partial charge >= 0.3 is 0 Å². The summed E-state index contributed by atoms with van der Waals surface area (Å²) in [7, 11) is 1.66. The van der Waals surface area contributed by atoms with E-state index in [9.17, 15) is 4.79 Å². The molecule has 2 aromatic rings. The van der Waals surface area contributed by atoms with Crippen molar-refractivity contribution < 1.29 is 14.3 Å². The van der Waals surface area contributed by atoms with Gasteiger partial charge in [0.2, 0.25) is 5.91 Å². The first-order valence-electron chi connectivity index (χ1n) is 10.2. The van der Waals surface area contributed by atoms with E-state index in [1.807, 2.05) is 29.2 Å². The molecule has 1 amide bonds. The Labute approximate surface area is 168 Å². The molecular formula is C24H31NO3. The molecule has 1 heterocycles. The zero-order valence-electron chi connectivity index (χ0n) is 17.2. The van der Waals surface area contributed by atoms with E-state index in [0.717, 1.165) is 37.2 Å². The summed E-state index contributed by atoms with van der Waals surface area (Å²) in [5, 5.41) is 0. The molecule has 1 aliphatic rings. The Kier molecular flexibility index (Phi) is 6.74. The first-order chi connectivity index (χ1) is 13.6. The van der Waals surface area contributed by atoms with Crippen molar-refractivity contribution in [3.63, 3.8) is 0 Å². The SMILES string of the molecule is CCCCOC1(c2ccccc2C)CN(C(=O)CCc2ccc(OC)cc2)C1. The van der Waals surface area contributed by atoms with Crippen LogP contribution in [0, 0.1) is 6.92 Å². The molecule has 0 bridgehead atoms. The van der Waals surface area contributed by atoms with Gasteiger partial charge in [0.05, 0.1) is 20.2 Å². The van der Waals surface area contributed by atoms with E-state index >= 15 is 0 Å². The van der Waals surface area contributed by atoms with Crippen molar-refractivity contribution in [3.8, 4) is 5.75 Å². The number of unbranched alkanes of at least 4 members (excludes halogenated alkanes) is 1. The van der Waals surface area contributed by atoms with Crippen LogP contribution in [0.15, 0.2) is 48.5 Å². The van der Waals surface area contributed by atoms with Crippen molar-refractivity contribution in [2.45, 2.75) is 45.1 Å². The second-order valence-corrected chi connectivity index (χ2v) is 7.61. The van der Waals surface area contributed by atoms with Crippen LogP contribution in [-0.2, 0) is 21.6 Å². The molecule has 0 spiro atoms. The molecular weight excluding hydrogens is 350 g/mol. The van der Waals surface area contributed by atoms with Crippen LogP contribution in [-0.4, -0.2) is 37.6 Å². The lowest BCUT2D eigenvalue weighted by Gasteiger charge is -2.50. The van der Waals surface area contributed by atoms with E-state index in [1.54, 1.807) is 7.11 Å². The average molecular weight is 382 g/mol. The fourth-order valence-corrected chi connectivity index (χ4v) is 3.78. The summed E-state index contributed by atoms with van der Waals surface area (Å²) in [5.74, 6) is 1.03. The lowest BCUT2D eigenvalue weighted by molar-refractivity contribution is -0.173. The molecule has 0 atom stereocenters. The maximum Gasteiger partial charge on any atom is 0.223 e. The molecule has 0 unspecified atom stereocenters. The lowest BCUT2D eigenvalue weighted by atomic mass is 9.83. The largest absolute Gasteiger partial charge is 0.497 e. The van der Waals surface area contributed by atoms with Crippen molar-refractivity contribution in [2.24, 2.45) is 0 Å². The van der Waals surface area contributed by atoms with Crippen LogP contribution in [0.2, 0.25) is 0 Å². The van der Waals surface area contributed by atoms with Gasteiger partial charge in [-0.05, 0) is 48.6 Å². The van der Waals surface area contributed by atoms with E-state index in [4.69, 9.17) is 9.47 Å². The number of nitrogens with zero attached hydrogens (tertiary/aromatic N) is 1. The Hall–Kier alpha value is -2.33. The highest BCUT2D eigenvalue weighted by Crippen LogP contribution is 2.38. The Bertz CT molecular complexity index is 779. The van der Waals surface area contributed by atoms with Crippen molar-refractivity contribution >= 4 is 5.91 Å². The molecule has 28 heavy (non-hydrogen) atoms. The zero-order chi connectivity index (χ0) is 20.0. The number of hydrogen-bond acceptors (Lipinski definition) is 3. The molecule has 1 aliphatic heterocycles. The number of aryl methyl sites for hydroxylation is 2. The summed E-state index contributed by atoms with van der Waals surface area (Å²) in [4.78, 5) is 14.6. The molecule has 4 nitrogen and oxygen atoms in total. The summed E-state index contributed by atoms with van der Waals surface area (Å²) in [5.41, 5.74) is 3.24. The highest BCUT2D eigenvalue weighted by atomic mass is 16.5. The van der Waals surface area contributed by atoms with E-state index in [2.05, 4.69) is 38.1 Å². The van der Waals surface area contributed by atoms with Crippen LogP contribution in [0.1, 0.15) is 42.9 Å². The normalized spacial score (nSPS) is 15.2. The number of amides is 1. The van der Waals surface area contributed by atoms with Gasteiger partial charge in [-0.1, -0.05) is 49.7 Å². The lowest BCUT2D eigenvalue weighted by Crippen LogP contribution is -2.62. The molecule has 1 saturated heterocycles. The number of likely N-dealkylation sites (tertiary alicyclic amines) is 1. The maximum atomic E-state index is 12.7. The second-order valence-electron chi connectivity index (χ2n) is 7.61. The van der Waals surface area contributed by atoms with E-state index in [0.29, 0.717) is 19.5 Å². The summed E-state index contributed by atoms with van der Waals surface area (Å²) >= 11 is 0. The highest BCUT2D eigenvalue weighted by Gasteiger charge is 2.47. The third kappa shape index (κ3) is 4.56. The van der Waals surface area contributed by atoms with Crippen LogP contribution in [0.4, 0.5) is 0 Å². The number of ether oxygens (including phenoxy) is 2. The number of methoxy groups -OCH3 is 1. The van der Waals surface area contributed by atoms with Crippen molar-refractivity contribution in [2.75, 3.05) is 26.8 Å². The van der Waals surface area contributed by atoms with Crippen molar-refractivity contribution in [1.82, 2.24) is 4.90 Å². The van der Waals surface area contributed by atoms with Gasteiger partial charge < -0.3 is 14.4 Å². The molecule has 0 aliphatic carbocycles. The molecule has 2 aromatic carbocycles. The van der Waals surface area contributed by atoms with Gasteiger partial charge in [0.1, 0.15) is 11.4 Å². The van der Waals surface area contributed by atoms with Crippen LogP contribution < -0.4 is 4.74 Å². The highest BCUT2D eigenvalue weighted by molar-refractivity contribution is 5.78. The third-order valence-electron chi connectivity index (χ3n) is 5.54. The van der Waals surface area contributed by atoms with Crippen LogP contribution >= 0.6 is 0 Å². The van der Waals surface area contributed by atoms with Crippen LogP contribution in [0.5, 0.6) is 5.75 Å². The topological polar surface area (TPSA) is 38.8 Å². The molecule has 1 fully saturated rings. The van der Waals surface area contributed by atoms with Gasteiger partial charge in [0.25, 0.3) is 0 Å². The average Bonchev–Trinajstić information content (AvgIpc) is 2.69. The molecule has 150 valence electrons. The van der Waals surface area contributed by atoms with E-state index < -0.39 is 0 Å². The number of hydrogen-bond donors (Lipinski definition) is 0. The molecule has 0 saturated carbocycles. The molecule has 3 rings (SSSR count). The standard InChI is InChI=1S/C24H31NO3/c1-4-5-16-28-24(22-9-7-6-8-19(22)2)17-25(18-24)23(26)15-12-20-10-13-21(27-3)14-11-20/h6-11,13-14H,4-5,12,15-18H2,1-3H3. The fourth-order valence-electron chi connectivity index (χ4n) is 3.78. The fraction of sp³-hybridized carbons (Fsp3) is 0.458. The monoisotopic (exact) mass is 381 g/mol. The van der Waals surface area contributed by atoms with E-state index in [-0.39, 0.29) is 11.5 Å².